The molecule has 2 aromatic rings. The zero-order valence-electron chi connectivity index (χ0n) is 15.0. The summed E-state index contributed by atoms with van der Waals surface area (Å²) in [7, 11) is 1.53. The summed E-state index contributed by atoms with van der Waals surface area (Å²) in [6.45, 7) is 0. The standard InChI is InChI=1S/C21H22N2O4/c1-27-16-11-13(6-9-19(22)24)10-15(12-16)20(23-26)18-8-7-14-4-2-3-5-17(14)21(18)25/h2-6,9-12,18,20,23,26H,7-8H2,1H3,(H2,22,24). The fourth-order valence-corrected chi connectivity index (χ4v) is 3.55. The van der Waals surface area contributed by atoms with Crippen molar-refractivity contribution in [1.29, 1.82) is 0 Å². The molecule has 3 rings (SSSR count). The van der Waals surface area contributed by atoms with Crippen molar-refractivity contribution in [3.8, 4) is 5.75 Å². The zero-order valence-corrected chi connectivity index (χ0v) is 15.0. The Morgan fingerprint density at radius 2 is 2.11 bits per heavy atom. The Morgan fingerprint density at radius 3 is 2.81 bits per heavy atom. The zero-order chi connectivity index (χ0) is 19.4. The third-order valence-electron chi connectivity index (χ3n) is 4.87. The maximum atomic E-state index is 13.0. The predicted molar refractivity (Wildman–Crippen MR) is 101 cm³/mol. The number of hydrogen-bond acceptors (Lipinski definition) is 5. The summed E-state index contributed by atoms with van der Waals surface area (Å²) in [5, 5.41) is 9.83. The molecule has 0 aliphatic heterocycles. The fourth-order valence-electron chi connectivity index (χ4n) is 3.55. The van der Waals surface area contributed by atoms with Crippen LogP contribution < -0.4 is 16.0 Å². The number of carbonyl (C=O) groups is 2. The van der Waals surface area contributed by atoms with E-state index in [0.717, 1.165) is 12.0 Å². The molecule has 0 fully saturated rings. The number of ketones is 1. The smallest absolute Gasteiger partial charge is 0.241 e. The van der Waals surface area contributed by atoms with Gasteiger partial charge in [-0.3, -0.25) is 9.59 Å². The number of fused-ring (bicyclic) bond motifs is 1. The summed E-state index contributed by atoms with van der Waals surface area (Å²) < 4.78 is 5.32. The molecule has 2 aromatic carbocycles. The molecule has 0 heterocycles. The Labute approximate surface area is 157 Å². The van der Waals surface area contributed by atoms with Gasteiger partial charge < -0.3 is 15.7 Å². The topological polar surface area (TPSA) is 102 Å². The van der Waals surface area contributed by atoms with E-state index in [0.29, 0.717) is 28.9 Å². The normalized spacial score (nSPS) is 17.6. The van der Waals surface area contributed by atoms with Gasteiger partial charge in [0.05, 0.1) is 13.2 Å². The number of nitrogens with two attached hydrogens (primary N) is 1. The third kappa shape index (κ3) is 4.07. The van der Waals surface area contributed by atoms with E-state index in [1.807, 2.05) is 24.3 Å². The van der Waals surface area contributed by atoms with E-state index in [-0.39, 0.29) is 5.78 Å². The van der Waals surface area contributed by atoms with Crippen LogP contribution in [-0.2, 0) is 11.2 Å². The molecular formula is C21H22N2O4. The molecule has 0 bridgehead atoms. The van der Waals surface area contributed by atoms with Crippen molar-refractivity contribution in [2.75, 3.05) is 7.11 Å². The van der Waals surface area contributed by atoms with Crippen molar-refractivity contribution < 1.29 is 19.5 Å². The van der Waals surface area contributed by atoms with Crippen LogP contribution in [0.5, 0.6) is 5.75 Å². The van der Waals surface area contributed by atoms with Gasteiger partial charge in [0.25, 0.3) is 0 Å². The summed E-state index contributed by atoms with van der Waals surface area (Å²) in [5.41, 5.74) is 10.6. The number of ether oxygens (including phenoxy) is 1. The van der Waals surface area contributed by atoms with Crippen molar-refractivity contribution in [1.82, 2.24) is 5.48 Å². The molecule has 0 aromatic heterocycles. The van der Waals surface area contributed by atoms with Gasteiger partial charge in [0.1, 0.15) is 5.75 Å². The fraction of sp³-hybridized carbons (Fsp3) is 0.238. The number of methoxy groups -OCH3 is 1. The van der Waals surface area contributed by atoms with Gasteiger partial charge in [-0.25, -0.2) is 0 Å². The Morgan fingerprint density at radius 1 is 1.33 bits per heavy atom. The van der Waals surface area contributed by atoms with E-state index >= 15 is 0 Å². The lowest BCUT2D eigenvalue weighted by Gasteiger charge is -2.30. The number of amides is 1. The molecule has 6 nitrogen and oxygen atoms in total. The van der Waals surface area contributed by atoms with Crippen molar-refractivity contribution >= 4 is 17.8 Å². The van der Waals surface area contributed by atoms with Crippen LogP contribution in [0.25, 0.3) is 6.08 Å². The predicted octanol–water partition coefficient (Wildman–Crippen LogP) is 2.66. The first kappa shape index (κ1) is 18.8. The van der Waals surface area contributed by atoms with E-state index in [9.17, 15) is 14.8 Å². The average molecular weight is 366 g/mol. The van der Waals surface area contributed by atoms with Crippen LogP contribution in [0.1, 0.15) is 39.5 Å². The summed E-state index contributed by atoms with van der Waals surface area (Å²) >= 11 is 0. The molecule has 6 heteroatoms. The molecule has 27 heavy (non-hydrogen) atoms. The lowest BCUT2D eigenvalue weighted by atomic mass is 9.77. The Balaban J connectivity index is 1.97. The lowest BCUT2D eigenvalue weighted by molar-refractivity contribution is -0.113. The van der Waals surface area contributed by atoms with Crippen LogP contribution in [0.4, 0.5) is 0 Å². The first-order valence-electron chi connectivity index (χ1n) is 8.71. The second-order valence-corrected chi connectivity index (χ2v) is 6.55. The number of aryl methyl sites for hydroxylation is 1. The first-order chi connectivity index (χ1) is 13.0. The molecule has 1 amide bonds. The van der Waals surface area contributed by atoms with Crippen LogP contribution in [0, 0.1) is 5.92 Å². The van der Waals surface area contributed by atoms with Crippen LogP contribution in [0.2, 0.25) is 0 Å². The molecule has 0 spiro atoms. The number of Topliss-reactive ketones (excluding diaryl/α,β-unsaturated/α-hetero) is 1. The number of rotatable bonds is 6. The Hall–Kier alpha value is -2.96. The van der Waals surface area contributed by atoms with Crippen LogP contribution in [0.15, 0.2) is 48.5 Å². The van der Waals surface area contributed by atoms with E-state index in [2.05, 4.69) is 5.48 Å². The van der Waals surface area contributed by atoms with Crippen molar-refractivity contribution in [2.24, 2.45) is 11.7 Å². The molecule has 2 unspecified atom stereocenters. The second-order valence-electron chi connectivity index (χ2n) is 6.55. The van der Waals surface area contributed by atoms with E-state index in [1.54, 1.807) is 24.3 Å². The monoisotopic (exact) mass is 366 g/mol. The van der Waals surface area contributed by atoms with Crippen LogP contribution in [0.3, 0.4) is 0 Å². The van der Waals surface area contributed by atoms with Gasteiger partial charge in [-0.1, -0.05) is 24.3 Å². The summed E-state index contributed by atoms with van der Waals surface area (Å²) in [6.07, 6.45) is 4.21. The number of nitrogens with one attached hydrogen (secondary N) is 1. The van der Waals surface area contributed by atoms with Gasteiger partial charge in [-0.05, 0) is 53.8 Å². The molecule has 0 radical (unpaired) electrons. The van der Waals surface area contributed by atoms with E-state index in [4.69, 9.17) is 10.5 Å². The number of benzene rings is 2. The van der Waals surface area contributed by atoms with E-state index in [1.165, 1.54) is 13.2 Å². The molecule has 140 valence electrons. The highest BCUT2D eigenvalue weighted by molar-refractivity contribution is 6.00. The molecule has 1 aliphatic carbocycles. The van der Waals surface area contributed by atoms with Gasteiger partial charge in [-0.15, -0.1) is 0 Å². The summed E-state index contributed by atoms with van der Waals surface area (Å²) in [4.78, 5) is 24.0. The second kappa shape index (κ2) is 8.16. The van der Waals surface area contributed by atoms with Gasteiger partial charge in [0, 0.05) is 17.6 Å². The number of primary amides is 1. The number of hydrogen-bond donors (Lipinski definition) is 3. The molecule has 0 saturated heterocycles. The summed E-state index contributed by atoms with van der Waals surface area (Å²) in [5.74, 6) is -0.416. The molecule has 2 atom stereocenters. The first-order valence-corrected chi connectivity index (χ1v) is 8.71. The van der Waals surface area contributed by atoms with Crippen LogP contribution >= 0.6 is 0 Å². The van der Waals surface area contributed by atoms with Gasteiger partial charge in [0.15, 0.2) is 5.78 Å². The molecule has 4 N–H and O–H groups in total. The maximum Gasteiger partial charge on any atom is 0.241 e. The minimum atomic E-state index is -0.596. The van der Waals surface area contributed by atoms with Gasteiger partial charge in [0.2, 0.25) is 5.91 Å². The SMILES string of the molecule is COc1cc(C=CC(N)=O)cc(C(NO)C2CCc3ccccc3C2=O)c1. The highest BCUT2D eigenvalue weighted by Crippen LogP contribution is 2.35. The largest absolute Gasteiger partial charge is 0.497 e. The van der Waals surface area contributed by atoms with Gasteiger partial charge >= 0.3 is 0 Å². The Kier molecular flexibility index (Phi) is 5.69. The third-order valence-corrected chi connectivity index (χ3v) is 4.87. The number of hydroxylamine groups is 1. The minimum Gasteiger partial charge on any atom is -0.497 e. The summed E-state index contributed by atoms with van der Waals surface area (Å²) in [6, 6.07) is 12.3. The number of carbonyl (C=O) groups excluding carboxylic acids is 2. The molecule has 0 saturated carbocycles. The van der Waals surface area contributed by atoms with Crippen molar-refractivity contribution in [3.63, 3.8) is 0 Å². The van der Waals surface area contributed by atoms with Gasteiger partial charge in [-0.2, -0.15) is 5.48 Å². The molecule has 1 aliphatic rings. The minimum absolute atomic E-state index is 0.000415. The lowest BCUT2D eigenvalue weighted by Crippen LogP contribution is -2.34. The Bertz CT molecular complexity index is 892. The quantitative estimate of drug-likeness (QED) is 0.539. The van der Waals surface area contributed by atoms with E-state index < -0.39 is 17.9 Å². The van der Waals surface area contributed by atoms with Crippen LogP contribution in [-0.4, -0.2) is 24.0 Å². The van der Waals surface area contributed by atoms with Crippen molar-refractivity contribution in [2.45, 2.75) is 18.9 Å². The average Bonchev–Trinajstić information content (AvgIpc) is 2.68. The highest BCUT2D eigenvalue weighted by Gasteiger charge is 2.34. The molecular weight excluding hydrogens is 344 g/mol. The highest BCUT2D eigenvalue weighted by atomic mass is 16.5. The maximum absolute atomic E-state index is 13.0. The van der Waals surface area contributed by atoms with Crippen molar-refractivity contribution in [3.05, 3.63) is 70.8 Å².